The van der Waals surface area contributed by atoms with Crippen molar-refractivity contribution in [1.82, 2.24) is 0 Å². The van der Waals surface area contributed by atoms with E-state index in [1.807, 2.05) is 6.08 Å². The largest absolute Gasteiger partial charge is 0.481 e. The molecule has 0 heterocycles. The monoisotopic (exact) mass is 376 g/mol. The average molecular weight is 377 g/mol. The van der Waals surface area contributed by atoms with Crippen LogP contribution in [0.2, 0.25) is 5.02 Å². The van der Waals surface area contributed by atoms with Crippen LogP contribution in [0.25, 0.3) is 0 Å². The molecule has 1 aliphatic rings. The van der Waals surface area contributed by atoms with Gasteiger partial charge >= 0.3 is 5.97 Å². The van der Waals surface area contributed by atoms with Gasteiger partial charge in [-0.25, -0.2) is 0 Å². The number of unbranched alkanes of at least 4 members (excludes halogenated alkanes) is 3. The van der Waals surface area contributed by atoms with E-state index in [0.29, 0.717) is 23.4 Å². The minimum absolute atomic E-state index is 0.0234. The number of halogens is 1. The lowest BCUT2D eigenvalue weighted by molar-refractivity contribution is -0.137. The van der Waals surface area contributed by atoms with Crippen molar-refractivity contribution in [3.05, 3.63) is 47.0 Å². The van der Waals surface area contributed by atoms with Crippen LogP contribution in [0.15, 0.2) is 36.4 Å². The first-order chi connectivity index (χ1) is 12.5. The zero-order chi connectivity index (χ0) is 18.9. The highest BCUT2D eigenvalue weighted by Gasteiger charge is 2.32. The van der Waals surface area contributed by atoms with Crippen LogP contribution in [0.4, 0.5) is 0 Å². The van der Waals surface area contributed by atoms with E-state index in [0.717, 1.165) is 32.1 Å². The maximum Gasteiger partial charge on any atom is 0.303 e. The Labute approximate surface area is 159 Å². The zero-order valence-corrected chi connectivity index (χ0v) is 15.6. The number of carboxylic acid groups (broad SMARTS) is 1. The van der Waals surface area contributed by atoms with Crippen LogP contribution in [-0.2, 0) is 9.59 Å². The van der Waals surface area contributed by atoms with Crippen molar-refractivity contribution < 1.29 is 19.5 Å². The summed E-state index contributed by atoms with van der Waals surface area (Å²) in [5, 5.41) is 9.06. The summed E-state index contributed by atoms with van der Waals surface area (Å²) < 4.78 is 0. The third kappa shape index (κ3) is 6.10. The molecule has 5 heteroatoms. The summed E-state index contributed by atoms with van der Waals surface area (Å²) in [5.41, 5.74) is 0.477. The van der Waals surface area contributed by atoms with Gasteiger partial charge < -0.3 is 5.11 Å². The van der Waals surface area contributed by atoms with Gasteiger partial charge in [-0.15, -0.1) is 0 Å². The second-order valence-electron chi connectivity index (χ2n) is 6.83. The number of Topliss-reactive ketones (excluding diaryl/α,β-unsaturated/α-hetero) is 1. The molecule has 26 heavy (non-hydrogen) atoms. The highest BCUT2D eigenvalue weighted by atomic mass is 35.5. The van der Waals surface area contributed by atoms with Crippen molar-refractivity contribution in [3.63, 3.8) is 0 Å². The minimum atomic E-state index is -0.760. The van der Waals surface area contributed by atoms with Crippen LogP contribution < -0.4 is 0 Å². The van der Waals surface area contributed by atoms with Crippen LogP contribution in [0, 0.1) is 11.8 Å². The van der Waals surface area contributed by atoms with E-state index < -0.39 is 5.97 Å². The van der Waals surface area contributed by atoms with Crippen molar-refractivity contribution in [2.75, 3.05) is 0 Å². The summed E-state index contributed by atoms with van der Waals surface area (Å²) in [6.45, 7) is 0. The molecular formula is C21H25ClO4. The minimum Gasteiger partial charge on any atom is -0.481 e. The Hall–Kier alpha value is -1.94. The molecule has 0 spiro atoms. The lowest BCUT2D eigenvalue weighted by atomic mass is 9.89. The first-order valence-electron chi connectivity index (χ1n) is 9.20. The van der Waals surface area contributed by atoms with Gasteiger partial charge in [-0.1, -0.05) is 49.1 Å². The summed E-state index contributed by atoms with van der Waals surface area (Å²) in [4.78, 5) is 34.9. The van der Waals surface area contributed by atoms with Gasteiger partial charge in [-0.2, -0.15) is 0 Å². The fourth-order valence-electron chi connectivity index (χ4n) is 3.50. The number of hydrogen-bond acceptors (Lipinski definition) is 3. The Kier molecular flexibility index (Phi) is 8.05. The highest BCUT2D eigenvalue weighted by molar-refractivity contribution is 6.34. The van der Waals surface area contributed by atoms with Gasteiger partial charge in [-0.05, 0) is 43.4 Å². The summed E-state index contributed by atoms with van der Waals surface area (Å²) in [7, 11) is 0. The average Bonchev–Trinajstić information content (AvgIpc) is 2.96. The third-order valence-corrected chi connectivity index (χ3v) is 5.27. The molecule has 0 amide bonds. The van der Waals surface area contributed by atoms with E-state index in [1.54, 1.807) is 30.3 Å². The SMILES string of the molecule is O=C(O)CCCCCC[C@@H]1C(=O)CC[C@H]1C=CC(=O)c1ccccc1Cl. The smallest absolute Gasteiger partial charge is 0.303 e. The molecule has 0 unspecified atom stereocenters. The molecular weight excluding hydrogens is 352 g/mol. The number of benzene rings is 1. The first-order valence-corrected chi connectivity index (χ1v) is 9.58. The van der Waals surface area contributed by atoms with Gasteiger partial charge in [-0.3, -0.25) is 14.4 Å². The lowest BCUT2D eigenvalue weighted by Gasteiger charge is -2.14. The predicted molar refractivity (Wildman–Crippen MR) is 101 cm³/mol. The molecule has 4 nitrogen and oxygen atoms in total. The number of ketones is 2. The molecule has 1 aliphatic carbocycles. The molecule has 1 aromatic carbocycles. The Morgan fingerprint density at radius 2 is 1.88 bits per heavy atom. The normalized spacial score (nSPS) is 20.0. The van der Waals surface area contributed by atoms with Gasteiger partial charge in [0.25, 0.3) is 0 Å². The fraction of sp³-hybridized carbons (Fsp3) is 0.476. The summed E-state index contributed by atoms with van der Waals surface area (Å²) in [6, 6.07) is 6.95. The number of rotatable bonds is 10. The van der Waals surface area contributed by atoms with Gasteiger partial charge in [0.15, 0.2) is 5.78 Å². The Balaban J connectivity index is 1.84. The molecule has 0 bridgehead atoms. The molecule has 140 valence electrons. The highest BCUT2D eigenvalue weighted by Crippen LogP contribution is 2.34. The lowest BCUT2D eigenvalue weighted by Crippen LogP contribution is -2.13. The second kappa shape index (κ2) is 10.3. The topological polar surface area (TPSA) is 71.4 Å². The number of hydrogen-bond donors (Lipinski definition) is 1. The van der Waals surface area contributed by atoms with Crippen molar-refractivity contribution in [1.29, 1.82) is 0 Å². The Morgan fingerprint density at radius 3 is 2.62 bits per heavy atom. The molecule has 0 saturated heterocycles. The molecule has 0 aliphatic heterocycles. The predicted octanol–water partition coefficient (Wildman–Crippen LogP) is 5.10. The van der Waals surface area contributed by atoms with Gasteiger partial charge in [0.1, 0.15) is 5.78 Å². The van der Waals surface area contributed by atoms with E-state index in [-0.39, 0.29) is 29.8 Å². The van der Waals surface area contributed by atoms with Gasteiger partial charge in [0, 0.05) is 24.3 Å². The third-order valence-electron chi connectivity index (χ3n) is 4.94. The molecule has 2 atom stereocenters. The molecule has 0 radical (unpaired) electrons. The maximum absolute atomic E-state index is 12.3. The summed E-state index contributed by atoms with van der Waals surface area (Å²) in [5.74, 6) is -0.542. The number of carboxylic acids is 1. The van der Waals surface area contributed by atoms with Crippen LogP contribution >= 0.6 is 11.6 Å². The van der Waals surface area contributed by atoms with Crippen molar-refractivity contribution >= 4 is 29.1 Å². The van der Waals surface area contributed by atoms with E-state index in [4.69, 9.17) is 16.7 Å². The Morgan fingerprint density at radius 1 is 1.15 bits per heavy atom. The fourth-order valence-corrected chi connectivity index (χ4v) is 3.72. The standard InChI is InChI=1S/C21H25ClO4/c22-18-9-6-5-8-17(18)20(24)14-12-15-11-13-19(23)16(15)7-3-1-2-4-10-21(25)26/h5-6,8-9,12,14-16H,1-4,7,10-11,13H2,(H,25,26)/t15-,16-/m0/s1. The molecule has 0 aromatic heterocycles. The summed E-state index contributed by atoms with van der Waals surface area (Å²) >= 11 is 6.05. The van der Waals surface area contributed by atoms with E-state index >= 15 is 0 Å². The van der Waals surface area contributed by atoms with Crippen LogP contribution in [-0.4, -0.2) is 22.6 Å². The molecule has 1 saturated carbocycles. The zero-order valence-electron chi connectivity index (χ0n) is 14.8. The quantitative estimate of drug-likeness (QED) is 0.350. The van der Waals surface area contributed by atoms with Gasteiger partial charge in [0.2, 0.25) is 0 Å². The number of allylic oxidation sites excluding steroid dienone is 2. The molecule has 1 N–H and O–H groups in total. The number of carbonyl (C=O) groups excluding carboxylic acids is 2. The summed E-state index contributed by atoms with van der Waals surface area (Å²) in [6.07, 6.45) is 9.19. The van der Waals surface area contributed by atoms with Crippen molar-refractivity contribution in [2.24, 2.45) is 11.8 Å². The first kappa shape index (κ1) is 20.4. The van der Waals surface area contributed by atoms with Gasteiger partial charge in [0.05, 0.1) is 5.02 Å². The number of carbonyl (C=O) groups is 3. The second-order valence-corrected chi connectivity index (χ2v) is 7.23. The van der Waals surface area contributed by atoms with Crippen LogP contribution in [0.3, 0.4) is 0 Å². The van der Waals surface area contributed by atoms with E-state index in [9.17, 15) is 14.4 Å². The van der Waals surface area contributed by atoms with Crippen LogP contribution in [0.5, 0.6) is 0 Å². The number of aliphatic carboxylic acids is 1. The molecule has 1 fully saturated rings. The van der Waals surface area contributed by atoms with Crippen LogP contribution in [0.1, 0.15) is 61.7 Å². The molecule has 2 rings (SSSR count). The maximum atomic E-state index is 12.3. The van der Waals surface area contributed by atoms with E-state index in [1.165, 1.54) is 0 Å². The van der Waals surface area contributed by atoms with E-state index in [2.05, 4.69) is 0 Å². The Bertz CT molecular complexity index is 680. The molecule has 1 aromatic rings. The van der Waals surface area contributed by atoms with Crippen molar-refractivity contribution in [3.8, 4) is 0 Å². The van der Waals surface area contributed by atoms with Crippen molar-refractivity contribution in [2.45, 2.75) is 51.4 Å².